The van der Waals surface area contributed by atoms with Crippen molar-refractivity contribution in [1.29, 1.82) is 0 Å². The molecule has 0 spiro atoms. The predicted molar refractivity (Wildman–Crippen MR) is 204 cm³/mol. The van der Waals surface area contributed by atoms with Gasteiger partial charge in [0, 0.05) is 5.56 Å². The number of carboxylic acids is 1. The van der Waals surface area contributed by atoms with Gasteiger partial charge in [0.15, 0.2) is 0 Å². The maximum atomic E-state index is 10.4. The molecule has 0 aromatic heterocycles. The fraction of sp³-hybridized carbons (Fsp3) is 0.548. The van der Waals surface area contributed by atoms with Gasteiger partial charge in [0.1, 0.15) is 30.5 Å². The fourth-order valence-electron chi connectivity index (χ4n) is 5.22. The molecule has 0 amide bonds. The fourth-order valence-corrected chi connectivity index (χ4v) is 5.22. The highest BCUT2D eigenvalue weighted by Gasteiger charge is 2.11. The summed E-state index contributed by atoms with van der Waals surface area (Å²) in [4.78, 5) is 10.4. The second kappa shape index (κ2) is 27.9. The Hall–Kier alpha value is -3.67. The van der Waals surface area contributed by atoms with Crippen molar-refractivity contribution in [2.24, 2.45) is 0 Å². The SMILES string of the molecule is CCCCCCOc1ccc(-c2ccc(-c3ccc(OCCCCCC)cc3)c(OCCOCCOCCOCCOCCOCC(=O)O)c2)cc1. The number of benzene rings is 3. The lowest BCUT2D eigenvalue weighted by molar-refractivity contribution is -0.142. The van der Waals surface area contributed by atoms with Crippen LogP contribution in [0.5, 0.6) is 17.2 Å². The van der Waals surface area contributed by atoms with Crippen LogP contribution in [0, 0.1) is 0 Å². The zero-order chi connectivity index (χ0) is 36.9. The Morgan fingerprint density at radius 1 is 0.462 bits per heavy atom. The molecule has 3 aromatic carbocycles. The summed E-state index contributed by atoms with van der Waals surface area (Å²) >= 11 is 0. The first-order valence-electron chi connectivity index (χ1n) is 18.9. The Morgan fingerprint density at radius 2 is 0.904 bits per heavy atom. The number of carboxylic acid groups (broad SMARTS) is 1. The van der Waals surface area contributed by atoms with Gasteiger partial charge in [0.2, 0.25) is 0 Å². The maximum absolute atomic E-state index is 10.4. The minimum Gasteiger partial charge on any atom is -0.494 e. The molecule has 0 fully saturated rings. The molecule has 3 aromatic rings. The molecule has 52 heavy (non-hydrogen) atoms. The summed E-state index contributed by atoms with van der Waals surface area (Å²) in [5.74, 6) is 1.56. The number of unbranched alkanes of at least 4 members (excludes halogenated alkanes) is 6. The lowest BCUT2D eigenvalue weighted by Crippen LogP contribution is -2.15. The third-order valence-corrected chi connectivity index (χ3v) is 8.07. The number of hydrogen-bond donors (Lipinski definition) is 1. The van der Waals surface area contributed by atoms with Crippen molar-refractivity contribution in [3.8, 4) is 39.5 Å². The number of rotatable bonds is 32. The Kier molecular flexibility index (Phi) is 22.9. The molecule has 0 aliphatic carbocycles. The van der Waals surface area contributed by atoms with Crippen LogP contribution >= 0.6 is 0 Å². The molecule has 288 valence electrons. The highest BCUT2D eigenvalue weighted by molar-refractivity contribution is 5.77. The van der Waals surface area contributed by atoms with E-state index in [1.807, 2.05) is 24.3 Å². The third-order valence-electron chi connectivity index (χ3n) is 8.07. The largest absolute Gasteiger partial charge is 0.494 e. The second-order valence-electron chi connectivity index (χ2n) is 12.3. The van der Waals surface area contributed by atoms with Gasteiger partial charge >= 0.3 is 5.97 Å². The molecule has 0 heterocycles. The van der Waals surface area contributed by atoms with Gasteiger partial charge in [-0.3, -0.25) is 0 Å². The summed E-state index contributed by atoms with van der Waals surface area (Å²) in [5.41, 5.74) is 4.22. The first-order chi connectivity index (χ1) is 25.6. The van der Waals surface area contributed by atoms with Crippen molar-refractivity contribution in [2.75, 3.05) is 85.9 Å². The van der Waals surface area contributed by atoms with Gasteiger partial charge in [-0.2, -0.15) is 0 Å². The molecular formula is C42H60O10. The van der Waals surface area contributed by atoms with E-state index < -0.39 is 5.97 Å². The zero-order valence-corrected chi connectivity index (χ0v) is 31.3. The van der Waals surface area contributed by atoms with Crippen LogP contribution in [0.15, 0.2) is 66.7 Å². The lowest BCUT2D eigenvalue weighted by atomic mass is 9.99. The first-order valence-corrected chi connectivity index (χ1v) is 18.9. The van der Waals surface area contributed by atoms with E-state index in [1.54, 1.807) is 0 Å². The number of carbonyl (C=O) groups is 1. The van der Waals surface area contributed by atoms with Crippen molar-refractivity contribution in [3.63, 3.8) is 0 Å². The van der Waals surface area contributed by atoms with E-state index in [1.165, 1.54) is 38.5 Å². The van der Waals surface area contributed by atoms with E-state index >= 15 is 0 Å². The maximum Gasteiger partial charge on any atom is 0.329 e. The highest BCUT2D eigenvalue weighted by atomic mass is 16.6. The van der Waals surface area contributed by atoms with Gasteiger partial charge in [-0.05, 0) is 59.9 Å². The van der Waals surface area contributed by atoms with Gasteiger partial charge in [-0.1, -0.05) is 88.8 Å². The topological polar surface area (TPSA) is 111 Å². The van der Waals surface area contributed by atoms with Crippen LogP contribution < -0.4 is 14.2 Å². The zero-order valence-electron chi connectivity index (χ0n) is 31.3. The van der Waals surface area contributed by atoms with E-state index in [9.17, 15) is 4.79 Å². The summed E-state index contributed by atoms with van der Waals surface area (Å²) in [5, 5.41) is 8.52. The highest BCUT2D eigenvalue weighted by Crippen LogP contribution is 2.35. The molecule has 0 saturated heterocycles. The van der Waals surface area contributed by atoms with E-state index in [2.05, 4.69) is 56.3 Å². The van der Waals surface area contributed by atoms with Crippen LogP contribution in [0.25, 0.3) is 22.3 Å². The number of hydrogen-bond acceptors (Lipinski definition) is 9. The molecule has 0 saturated carbocycles. The minimum atomic E-state index is -0.995. The average Bonchev–Trinajstić information content (AvgIpc) is 3.16. The summed E-state index contributed by atoms with van der Waals surface area (Å²) in [7, 11) is 0. The van der Waals surface area contributed by atoms with Crippen LogP contribution in [0.2, 0.25) is 0 Å². The Labute approximate surface area is 310 Å². The summed E-state index contributed by atoms with van der Waals surface area (Å²) < 4.78 is 45.3. The summed E-state index contributed by atoms with van der Waals surface area (Å²) in [6.45, 7) is 9.59. The lowest BCUT2D eigenvalue weighted by Gasteiger charge is -2.15. The van der Waals surface area contributed by atoms with Crippen LogP contribution in [-0.4, -0.2) is 97.0 Å². The number of ether oxygens (including phenoxy) is 8. The standard InChI is InChI=1S/C42H60O10/c1-3-5-7-9-21-50-38-16-11-35(12-17-38)37-15-20-40(36-13-18-39(19-14-36)51-22-10-8-6-4-2)41(33-37)52-32-31-48-28-27-46-24-23-45-25-26-47-29-30-49-34-42(43)44/h11-20,33H,3-10,21-32,34H2,1-2H3,(H,43,44). The molecule has 0 bridgehead atoms. The molecule has 0 aliphatic heterocycles. The van der Waals surface area contributed by atoms with Gasteiger partial charge in [-0.25, -0.2) is 4.79 Å². The normalized spacial score (nSPS) is 11.1. The quantitative estimate of drug-likeness (QED) is 0.0630. The van der Waals surface area contributed by atoms with Gasteiger partial charge in [0.05, 0.1) is 72.7 Å². The molecule has 0 unspecified atom stereocenters. The molecule has 0 atom stereocenters. The van der Waals surface area contributed by atoms with E-state index in [0.717, 1.165) is 65.6 Å². The van der Waals surface area contributed by atoms with Crippen LogP contribution in [0.1, 0.15) is 65.2 Å². The number of aliphatic carboxylic acids is 1. The van der Waals surface area contributed by atoms with E-state index in [0.29, 0.717) is 59.5 Å². The van der Waals surface area contributed by atoms with Crippen molar-refractivity contribution >= 4 is 5.97 Å². The van der Waals surface area contributed by atoms with Gasteiger partial charge in [-0.15, -0.1) is 0 Å². The monoisotopic (exact) mass is 724 g/mol. The Morgan fingerprint density at radius 3 is 1.38 bits per heavy atom. The van der Waals surface area contributed by atoms with Crippen LogP contribution in [0.3, 0.4) is 0 Å². The van der Waals surface area contributed by atoms with Crippen LogP contribution in [-0.2, 0) is 28.5 Å². The molecule has 10 nitrogen and oxygen atoms in total. The summed E-state index contributed by atoms with van der Waals surface area (Å²) in [6, 6.07) is 22.8. The molecule has 1 N–H and O–H groups in total. The van der Waals surface area contributed by atoms with Crippen molar-refractivity contribution in [3.05, 3.63) is 66.7 Å². The molecule has 0 aliphatic rings. The Bertz CT molecular complexity index is 1330. The average molecular weight is 725 g/mol. The van der Waals surface area contributed by atoms with Gasteiger partial charge in [0.25, 0.3) is 0 Å². The minimum absolute atomic E-state index is 0.237. The molecule has 0 radical (unpaired) electrons. The van der Waals surface area contributed by atoms with Crippen molar-refractivity contribution in [1.82, 2.24) is 0 Å². The van der Waals surface area contributed by atoms with E-state index in [-0.39, 0.29) is 13.2 Å². The van der Waals surface area contributed by atoms with Crippen molar-refractivity contribution in [2.45, 2.75) is 65.2 Å². The van der Waals surface area contributed by atoms with Crippen LogP contribution in [0.4, 0.5) is 0 Å². The Balaban J connectivity index is 1.45. The van der Waals surface area contributed by atoms with E-state index in [4.69, 9.17) is 43.0 Å². The molecule has 10 heteroatoms. The van der Waals surface area contributed by atoms with Crippen molar-refractivity contribution < 1.29 is 47.8 Å². The molecular weight excluding hydrogens is 664 g/mol. The second-order valence-corrected chi connectivity index (χ2v) is 12.3. The predicted octanol–water partition coefficient (Wildman–Crippen LogP) is 8.49. The first kappa shape index (κ1) is 42.7. The molecule has 3 rings (SSSR count). The smallest absolute Gasteiger partial charge is 0.329 e. The summed E-state index contributed by atoms with van der Waals surface area (Å²) in [6.07, 6.45) is 9.44. The van der Waals surface area contributed by atoms with Gasteiger partial charge < -0.3 is 43.0 Å². The third kappa shape index (κ3) is 18.7.